The third-order valence-corrected chi connectivity index (χ3v) is 1.88. The van der Waals surface area contributed by atoms with E-state index < -0.39 is 0 Å². The van der Waals surface area contributed by atoms with Gasteiger partial charge < -0.3 is 0 Å². The van der Waals surface area contributed by atoms with Gasteiger partial charge >= 0.3 is 0 Å². The molecule has 15 heavy (non-hydrogen) atoms. The van der Waals surface area contributed by atoms with Crippen LogP contribution in [0.4, 0.5) is 0 Å². The van der Waals surface area contributed by atoms with Crippen LogP contribution in [-0.2, 0) is 0 Å². The molecule has 0 heterocycles. The fourth-order valence-corrected chi connectivity index (χ4v) is 1.07. The Morgan fingerprint density at radius 2 is 0.800 bits per heavy atom. The van der Waals surface area contributed by atoms with Crippen LogP contribution in [0.3, 0.4) is 0 Å². The summed E-state index contributed by atoms with van der Waals surface area (Å²) < 4.78 is 0. The lowest BCUT2D eigenvalue weighted by Gasteiger charge is -1.82. The molecule has 0 fully saturated rings. The summed E-state index contributed by atoms with van der Waals surface area (Å²) in [6.45, 7) is 4.17. The highest BCUT2D eigenvalue weighted by atomic mass is 31.0. The average molecular weight is 215 g/mol. The lowest BCUT2D eigenvalue weighted by Crippen LogP contribution is -1.62. The lowest BCUT2D eigenvalue weighted by molar-refractivity contribution is 1.48. The molecule has 2 rings (SSSR count). The topological polar surface area (TPSA) is 0 Å². The first kappa shape index (κ1) is 13.9. The van der Waals surface area contributed by atoms with Gasteiger partial charge in [-0.1, -0.05) is 71.8 Å². The van der Waals surface area contributed by atoms with Gasteiger partial charge in [-0.2, -0.15) is 0 Å². The summed E-state index contributed by atoms with van der Waals surface area (Å²) in [6.07, 6.45) is 0. The fourth-order valence-electron chi connectivity index (χ4n) is 1.07. The third kappa shape index (κ3) is 6.88. The van der Waals surface area contributed by atoms with Crippen LogP contribution in [0.25, 0.3) is 0 Å². The minimum Gasteiger partial charge on any atom is -0.0622 e. The summed E-state index contributed by atoms with van der Waals surface area (Å²) >= 11 is 0. The molecule has 2 aromatic carbocycles. The maximum Gasteiger partial charge on any atom is 0 e. The monoisotopic (exact) mass is 215 g/mol. The Kier molecular flexibility index (Phi) is 7.58. The minimum absolute atomic E-state index is 0. The van der Waals surface area contributed by atoms with Crippen molar-refractivity contribution in [1.82, 2.24) is 0 Å². The fraction of sp³-hybridized carbons (Fsp3) is 0.143. The maximum atomic E-state index is 2.08. The van der Waals surface area contributed by atoms with Crippen molar-refractivity contribution < 1.29 is 0 Å². The van der Waals surface area contributed by atoms with Crippen LogP contribution >= 0.6 is 9.90 Å². The molecule has 0 aliphatic carbocycles. The van der Waals surface area contributed by atoms with Crippen molar-refractivity contribution >= 4 is 9.90 Å². The van der Waals surface area contributed by atoms with Gasteiger partial charge in [0.15, 0.2) is 0 Å². The first-order valence-electron chi connectivity index (χ1n) is 4.82. The smallest absolute Gasteiger partial charge is 0 e. The normalized spacial score (nSPS) is 8.13. The van der Waals surface area contributed by atoms with E-state index in [4.69, 9.17) is 0 Å². The zero-order valence-electron chi connectivity index (χ0n) is 9.22. The Bertz CT molecular complexity index is 303. The van der Waals surface area contributed by atoms with Gasteiger partial charge in [0.25, 0.3) is 0 Å². The van der Waals surface area contributed by atoms with E-state index in [0.29, 0.717) is 0 Å². The Labute approximate surface area is 96.0 Å². The molecule has 1 heteroatoms. The molecule has 0 amide bonds. The molecule has 77 valence electrons. The van der Waals surface area contributed by atoms with Crippen molar-refractivity contribution in [2.75, 3.05) is 0 Å². The Balaban J connectivity index is 0.000000245. The average Bonchev–Trinajstić information content (AvgIpc) is 2.21. The number of benzene rings is 2. The van der Waals surface area contributed by atoms with Crippen molar-refractivity contribution in [3.05, 3.63) is 71.8 Å². The van der Waals surface area contributed by atoms with Gasteiger partial charge in [0, 0.05) is 9.90 Å². The first-order chi connectivity index (χ1) is 6.79. The predicted octanol–water partition coefficient (Wildman–Crippen LogP) is 4.85. The Hall–Kier alpha value is -1.13. The number of aryl methyl sites for hydroxylation is 2. The highest BCUT2D eigenvalue weighted by Gasteiger charge is 1.72. The predicted molar refractivity (Wildman–Crippen MR) is 69.3 cm³/mol. The summed E-state index contributed by atoms with van der Waals surface area (Å²) in [5.41, 5.74) is 2.64. The van der Waals surface area contributed by atoms with Crippen molar-refractivity contribution in [1.29, 1.82) is 0 Å². The molecule has 3 radical (unpaired) electrons. The van der Waals surface area contributed by atoms with E-state index in [-0.39, 0.29) is 9.90 Å². The second-order valence-electron chi connectivity index (χ2n) is 3.31. The van der Waals surface area contributed by atoms with Gasteiger partial charge in [0.05, 0.1) is 0 Å². The van der Waals surface area contributed by atoms with Crippen LogP contribution < -0.4 is 0 Å². The van der Waals surface area contributed by atoms with E-state index in [0.717, 1.165) is 0 Å². The molecule has 0 bridgehead atoms. The molecule has 0 aliphatic heterocycles. The van der Waals surface area contributed by atoms with Gasteiger partial charge in [-0.3, -0.25) is 0 Å². The van der Waals surface area contributed by atoms with E-state index >= 15 is 0 Å². The van der Waals surface area contributed by atoms with E-state index in [1.165, 1.54) is 11.1 Å². The Morgan fingerprint density at radius 1 is 0.533 bits per heavy atom. The zero-order chi connectivity index (χ0) is 10.2. The standard InChI is InChI=1S/2C7H8.P/c2*1-7-5-3-2-4-6-7;/h2*2-6H,1H3;. The first-order valence-corrected chi connectivity index (χ1v) is 4.82. The van der Waals surface area contributed by atoms with Gasteiger partial charge in [0.2, 0.25) is 0 Å². The third-order valence-electron chi connectivity index (χ3n) is 1.88. The maximum absolute atomic E-state index is 2.08. The van der Waals surface area contributed by atoms with Crippen LogP contribution in [0.5, 0.6) is 0 Å². The summed E-state index contributed by atoms with van der Waals surface area (Å²) in [7, 11) is 0. The van der Waals surface area contributed by atoms with Crippen molar-refractivity contribution in [2.24, 2.45) is 0 Å². The summed E-state index contributed by atoms with van der Waals surface area (Å²) in [6, 6.07) is 20.5. The van der Waals surface area contributed by atoms with Crippen molar-refractivity contribution in [2.45, 2.75) is 13.8 Å². The van der Waals surface area contributed by atoms with Gasteiger partial charge in [0.1, 0.15) is 0 Å². The number of hydrogen-bond donors (Lipinski definition) is 0. The molecule has 0 spiro atoms. The zero-order valence-corrected chi connectivity index (χ0v) is 10.1. The molecular weight excluding hydrogens is 199 g/mol. The van der Waals surface area contributed by atoms with Crippen molar-refractivity contribution in [3.63, 3.8) is 0 Å². The highest BCUT2D eigenvalue weighted by Crippen LogP contribution is 1.92. The van der Waals surface area contributed by atoms with Gasteiger partial charge in [-0.05, 0) is 13.8 Å². The molecule has 0 aromatic heterocycles. The lowest BCUT2D eigenvalue weighted by atomic mass is 10.2. The van der Waals surface area contributed by atoms with E-state index in [1.807, 2.05) is 36.4 Å². The van der Waals surface area contributed by atoms with E-state index in [2.05, 4.69) is 38.1 Å². The highest BCUT2D eigenvalue weighted by molar-refractivity contribution is 6.92. The van der Waals surface area contributed by atoms with Gasteiger partial charge in [-0.15, -0.1) is 0 Å². The van der Waals surface area contributed by atoms with E-state index in [9.17, 15) is 0 Å². The van der Waals surface area contributed by atoms with Crippen LogP contribution in [0.2, 0.25) is 0 Å². The molecule has 0 nitrogen and oxygen atoms in total. The summed E-state index contributed by atoms with van der Waals surface area (Å²) in [5.74, 6) is 0. The van der Waals surface area contributed by atoms with Crippen LogP contribution in [0, 0.1) is 13.8 Å². The van der Waals surface area contributed by atoms with E-state index in [1.54, 1.807) is 0 Å². The summed E-state index contributed by atoms with van der Waals surface area (Å²) in [4.78, 5) is 0. The molecule has 0 saturated carbocycles. The van der Waals surface area contributed by atoms with Crippen molar-refractivity contribution in [3.8, 4) is 0 Å². The van der Waals surface area contributed by atoms with Crippen LogP contribution in [-0.4, -0.2) is 0 Å². The molecule has 0 atom stereocenters. The molecule has 0 aliphatic rings. The molecule has 0 unspecified atom stereocenters. The number of rotatable bonds is 0. The molecule has 0 saturated heterocycles. The SMILES string of the molecule is Cc1ccccc1.Cc1ccccc1.[P]. The second-order valence-corrected chi connectivity index (χ2v) is 3.31. The Morgan fingerprint density at radius 3 is 0.933 bits per heavy atom. The van der Waals surface area contributed by atoms with Crippen LogP contribution in [0.1, 0.15) is 11.1 Å². The minimum atomic E-state index is 0. The molecule has 0 N–H and O–H groups in total. The molecular formula is C14H16P. The van der Waals surface area contributed by atoms with Gasteiger partial charge in [-0.25, -0.2) is 0 Å². The quantitative estimate of drug-likeness (QED) is 0.551. The number of hydrogen-bond acceptors (Lipinski definition) is 0. The summed E-state index contributed by atoms with van der Waals surface area (Å²) in [5, 5.41) is 0. The molecule has 2 aromatic rings. The second kappa shape index (κ2) is 8.20. The van der Waals surface area contributed by atoms with Crippen LogP contribution in [0.15, 0.2) is 60.7 Å². The largest absolute Gasteiger partial charge is 0.0622 e.